The summed E-state index contributed by atoms with van der Waals surface area (Å²) >= 11 is 0. The van der Waals surface area contributed by atoms with E-state index in [0.29, 0.717) is 23.3 Å². The highest BCUT2D eigenvalue weighted by Gasteiger charge is 2.19. The van der Waals surface area contributed by atoms with Crippen LogP contribution in [0.5, 0.6) is 5.88 Å². The molecule has 0 aliphatic heterocycles. The van der Waals surface area contributed by atoms with Crippen LogP contribution in [0.15, 0.2) is 47.0 Å². The first-order valence-electron chi connectivity index (χ1n) is 9.09. The van der Waals surface area contributed by atoms with Crippen molar-refractivity contribution in [2.75, 3.05) is 7.11 Å². The normalized spacial score (nSPS) is 11.0. The second-order valence-electron chi connectivity index (χ2n) is 6.47. The number of aryl methyl sites for hydroxylation is 3. The van der Waals surface area contributed by atoms with E-state index in [-0.39, 0.29) is 0 Å². The summed E-state index contributed by atoms with van der Waals surface area (Å²) in [5.41, 5.74) is 5.30. The highest BCUT2D eigenvalue weighted by atomic mass is 16.5. The van der Waals surface area contributed by atoms with Crippen molar-refractivity contribution in [3.05, 3.63) is 53.7 Å². The van der Waals surface area contributed by atoms with Crippen molar-refractivity contribution in [1.82, 2.24) is 24.9 Å². The van der Waals surface area contributed by atoms with Gasteiger partial charge in [0.05, 0.1) is 18.5 Å². The molecule has 3 aromatic heterocycles. The van der Waals surface area contributed by atoms with Gasteiger partial charge in [0, 0.05) is 18.2 Å². The van der Waals surface area contributed by atoms with Crippen molar-refractivity contribution in [2.45, 2.75) is 20.3 Å². The van der Waals surface area contributed by atoms with Gasteiger partial charge in [0.15, 0.2) is 5.69 Å². The van der Waals surface area contributed by atoms with E-state index in [4.69, 9.17) is 9.26 Å². The lowest BCUT2D eigenvalue weighted by Crippen LogP contribution is -1.99. The molecule has 7 nitrogen and oxygen atoms in total. The van der Waals surface area contributed by atoms with Crippen LogP contribution in [0.2, 0.25) is 0 Å². The van der Waals surface area contributed by atoms with Crippen molar-refractivity contribution in [1.29, 1.82) is 0 Å². The first-order valence-corrected chi connectivity index (χ1v) is 9.09. The van der Waals surface area contributed by atoms with Gasteiger partial charge < -0.3 is 9.26 Å². The Hall–Kier alpha value is -3.48. The van der Waals surface area contributed by atoms with Crippen LogP contribution >= 0.6 is 0 Å². The molecule has 0 atom stereocenters. The van der Waals surface area contributed by atoms with E-state index in [0.717, 1.165) is 34.5 Å². The lowest BCUT2D eigenvalue weighted by atomic mass is 10.1. The maximum Gasteiger partial charge on any atom is 0.278 e. The molecule has 0 saturated carbocycles. The average molecular weight is 375 g/mol. The summed E-state index contributed by atoms with van der Waals surface area (Å²) in [7, 11) is 3.52. The van der Waals surface area contributed by atoms with Crippen LogP contribution in [0.1, 0.15) is 18.2 Å². The summed E-state index contributed by atoms with van der Waals surface area (Å²) in [6.07, 6.45) is 0.800. The van der Waals surface area contributed by atoms with Gasteiger partial charge in [-0.2, -0.15) is 10.1 Å². The van der Waals surface area contributed by atoms with Gasteiger partial charge in [-0.1, -0.05) is 42.4 Å². The minimum absolute atomic E-state index is 0.376. The Kier molecular flexibility index (Phi) is 4.65. The molecule has 0 spiro atoms. The van der Waals surface area contributed by atoms with Gasteiger partial charge in [-0.25, -0.2) is 4.98 Å². The number of pyridine rings is 1. The fourth-order valence-corrected chi connectivity index (χ4v) is 3.17. The van der Waals surface area contributed by atoms with Crippen LogP contribution in [0.4, 0.5) is 0 Å². The number of rotatable bonds is 5. The molecule has 4 rings (SSSR count). The zero-order chi connectivity index (χ0) is 19.7. The van der Waals surface area contributed by atoms with Crippen LogP contribution < -0.4 is 4.74 Å². The maximum absolute atomic E-state index is 5.50. The molecule has 0 amide bonds. The Morgan fingerprint density at radius 2 is 1.89 bits per heavy atom. The number of benzene rings is 1. The Morgan fingerprint density at radius 1 is 1.11 bits per heavy atom. The molecular weight excluding hydrogens is 354 g/mol. The van der Waals surface area contributed by atoms with E-state index in [2.05, 4.69) is 27.1 Å². The Labute approximate surface area is 163 Å². The quantitative estimate of drug-likeness (QED) is 0.523. The third kappa shape index (κ3) is 3.15. The first-order chi connectivity index (χ1) is 13.6. The highest BCUT2D eigenvalue weighted by molar-refractivity contribution is 5.67. The van der Waals surface area contributed by atoms with Crippen molar-refractivity contribution < 1.29 is 9.26 Å². The molecular formula is C21H21N5O2. The molecule has 3 heterocycles. The summed E-state index contributed by atoms with van der Waals surface area (Å²) in [4.78, 5) is 9.07. The Morgan fingerprint density at radius 3 is 2.61 bits per heavy atom. The summed E-state index contributed by atoms with van der Waals surface area (Å²) < 4.78 is 12.7. The third-order valence-electron chi connectivity index (χ3n) is 4.66. The third-order valence-corrected chi connectivity index (χ3v) is 4.66. The zero-order valence-corrected chi connectivity index (χ0v) is 16.3. The first kappa shape index (κ1) is 17.9. The topological polar surface area (TPSA) is 78.9 Å². The number of hydrogen-bond acceptors (Lipinski definition) is 6. The van der Waals surface area contributed by atoms with Crippen molar-refractivity contribution >= 4 is 0 Å². The zero-order valence-electron chi connectivity index (χ0n) is 16.3. The van der Waals surface area contributed by atoms with Crippen LogP contribution in [-0.2, 0) is 13.5 Å². The number of methoxy groups -OCH3 is 1. The number of aromatic nitrogens is 5. The van der Waals surface area contributed by atoms with E-state index < -0.39 is 0 Å². The van der Waals surface area contributed by atoms with Crippen molar-refractivity contribution in [2.24, 2.45) is 7.05 Å². The number of nitrogens with zero attached hydrogens (tertiary/aromatic N) is 5. The summed E-state index contributed by atoms with van der Waals surface area (Å²) in [6.45, 7) is 3.96. The molecule has 0 fully saturated rings. The van der Waals surface area contributed by atoms with Gasteiger partial charge in [-0.05, 0) is 31.0 Å². The maximum atomic E-state index is 5.50. The highest BCUT2D eigenvalue weighted by Crippen LogP contribution is 2.29. The lowest BCUT2D eigenvalue weighted by Gasteiger charge is -2.09. The van der Waals surface area contributed by atoms with E-state index in [1.807, 2.05) is 61.1 Å². The van der Waals surface area contributed by atoms with Gasteiger partial charge in [-0.3, -0.25) is 4.68 Å². The summed E-state index contributed by atoms with van der Waals surface area (Å²) in [6, 6.07) is 14.0. The Bertz CT molecular complexity index is 1120. The van der Waals surface area contributed by atoms with Gasteiger partial charge in [0.25, 0.3) is 5.89 Å². The fourth-order valence-electron chi connectivity index (χ4n) is 3.17. The van der Waals surface area contributed by atoms with E-state index in [1.165, 1.54) is 0 Å². The molecule has 0 radical (unpaired) electrons. The van der Waals surface area contributed by atoms with Crippen molar-refractivity contribution in [3.8, 4) is 40.1 Å². The molecule has 7 heteroatoms. The molecule has 0 N–H and O–H groups in total. The molecule has 1 aromatic carbocycles. The lowest BCUT2D eigenvalue weighted by molar-refractivity contribution is 0.392. The predicted octanol–water partition coefficient (Wildman–Crippen LogP) is 4.08. The molecule has 0 aliphatic rings. The average Bonchev–Trinajstić information content (AvgIpc) is 3.35. The van der Waals surface area contributed by atoms with Gasteiger partial charge in [-0.15, -0.1) is 0 Å². The van der Waals surface area contributed by atoms with Crippen LogP contribution in [0, 0.1) is 6.92 Å². The smallest absolute Gasteiger partial charge is 0.278 e. The minimum atomic E-state index is 0.376. The fraction of sp³-hybridized carbons (Fsp3) is 0.238. The largest absolute Gasteiger partial charge is 0.481 e. The van der Waals surface area contributed by atoms with E-state index in [1.54, 1.807) is 7.11 Å². The molecule has 0 bridgehead atoms. The van der Waals surface area contributed by atoms with Gasteiger partial charge in [0.1, 0.15) is 0 Å². The molecule has 28 heavy (non-hydrogen) atoms. The van der Waals surface area contributed by atoms with Gasteiger partial charge >= 0.3 is 0 Å². The molecule has 0 saturated heterocycles. The molecule has 0 unspecified atom stereocenters. The van der Waals surface area contributed by atoms with Crippen LogP contribution in [0.25, 0.3) is 34.2 Å². The second kappa shape index (κ2) is 7.26. The monoisotopic (exact) mass is 375 g/mol. The second-order valence-corrected chi connectivity index (χ2v) is 6.47. The van der Waals surface area contributed by atoms with Crippen LogP contribution in [0.3, 0.4) is 0 Å². The van der Waals surface area contributed by atoms with E-state index in [9.17, 15) is 0 Å². The standard InChI is InChI=1S/C21H21N5O2/c1-5-14-11-16(13(2)22-20(14)27-4)19-23-21(28-25-19)17-12-18(26(3)24-17)15-9-7-6-8-10-15/h6-12H,5H2,1-4H3. The summed E-state index contributed by atoms with van der Waals surface area (Å²) in [5, 5.41) is 8.68. The number of hydrogen-bond donors (Lipinski definition) is 0. The van der Waals surface area contributed by atoms with Gasteiger partial charge in [0.2, 0.25) is 11.7 Å². The predicted molar refractivity (Wildman–Crippen MR) is 106 cm³/mol. The minimum Gasteiger partial charge on any atom is -0.481 e. The summed E-state index contributed by atoms with van der Waals surface area (Å²) in [5.74, 6) is 1.50. The van der Waals surface area contributed by atoms with Crippen molar-refractivity contribution in [3.63, 3.8) is 0 Å². The molecule has 4 aromatic rings. The molecule has 142 valence electrons. The molecule has 0 aliphatic carbocycles. The van der Waals surface area contributed by atoms with Crippen LogP contribution in [-0.4, -0.2) is 32.0 Å². The van der Waals surface area contributed by atoms with E-state index >= 15 is 0 Å². The Balaban J connectivity index is 1.71. The SMILES string of the molecule is CCc1cc(-c2noc(-c3cc(-c4ccccc4)n(C)n3)n2)c(C)nc1OC. The number of ether oxygens (including phenoxy) is 1.